The highest BCUT2D eigenvalue weighted by Crippen LogP contribution is 2.28. The predicted octanol–water partition coefficient (Wildman–Crippen LogP) is 2.47. The number of halogens is 1. The summed E-state index contributed by atoms with van der Waals surface area (Å²) in [6, 6.07) is 5.00. The average molecular weight is 363 g/mol. The molecule has 0 aliphatic heterocycles. The second-order valence-corrected chi connectivity index (χ2v) is 7.48. The molecular weight excluding hydrogens is 345 g/mol. The Morgan fingerprint density at radius 1 is 1.59 bits per heavy atom. The quantitative estimate of drug-likeness (QED) is 0.490. The van der Waals surface area contributed by atoms with E-state index >= 15 is 0 Å². The summed E-state index contributed by atoms with van der Waals surface area (Å²) in [6.07, 6.45) is 2.33. The minimum absolute atomic E-state index is 0.629. The van der Waals surface area contributed by atoms with Gasteiger partial charge in [0.2, 0.25) is 0 Å². The maximum absolute atomic E-state index is 4.24. The number of aliphatic imine (C=N–C) groups is 1. The molecule has 0 spiro atoms. The van der Waals surface area contributed by atoms with E-state index in [0.29, 0.717) is 6.04 Å². The van der Waals surface area contributed by atoms with Crippen molar-refractivity contribution in [3.8, 4) is 0 Å². The fourth-order valence-electron chi connectivity index (χ4n) is 1.68. The van der Waals surface area contributed by atoms with E-state index in [1.807, 2.05) is 18.4 Å². The van der Waals surface area contributed by atoms with Crippen molar-refractivity contribution in [2.24, 2.45) is 10.9 Å². The summed E-state index contributed by atoms with van der Waals surface area (Å²) in [4.78, 5) is 5.66. The van der Waals surface area contributed by atoms with Gasteiger partial charge in [-0.05, 0) is 53.5 Å². The van der Waals surface area contributed by atoms with Crippen molar-refractivity contribution in [2.75, 3.05) is 13.6 Å². The lowest BCUT2D eigenvalue weighted by Crippen LogP contribution is -2.39. The van der Waals surface area contributed by atoms with Crippen LogP contribution in [0.3, 0.4) is 0 Å². The number of hydrogen-bond acceptors (Lipinski definition) is 2. The van der Waals surface area contributed by atoms with E-state index in [1.165, 1.54) is 14.2 Å². The van der Waals surface area contributed by atoms with Crippen LogP contribution in [0, 0.1) is 8.80 Å². The second-order valence-electron chi connectivity index (χ2n) is 4.42. The summed E-state index contributed by atoms with van der Waals surface area (Å²) in [5.74, 6) is 1.73. The van der Waals surface area contributed by atoms with Crippen LogP contribution in [0.2, 0.25) is 0 Å². The Kier molecular flexibility index (Phi) is 4.67. The van der Waals surface area contributed by atoms with Gasteiger partial charge >= 0.3 is 0 Å². The number of thiophene rings is 1. The summed E-state index contributed by atoms with van der Waals surface area (Å²) < 4.78 is 1.35. The molecule has 17 heavy (non-hydrogen) atoms. The minimum Gasteiger partial charge on any atom is -0.356 e. The number of nitrogens with one attached hydrogen (secondary N) is 2. The smallest absolute Gasteiger partial charge is 0.191 e. The third-order valence-electron chi connectivity index (χ3n) is 2.95. The SMILES string of the molecule is CN=C(NCCc1ccc(I)s1)NC1CC1C. The third kappa shape index (κ3) is 4.13. The fraction of sp³-hybridized carbons (Fsp3) is 0.583. The Morgan fingerprint density at radius 3 is 2.88 bits per heavy atom. The standard InChI is InChI=1S/C12H18IN3S/c1-8-7-10(8)16-12(14-2)15-6-5-9-3-4-11(13)17-9/h3-4,8,10H,5-7H2,1-2H3,(H2,14,15,16). The molecule has 2 atom stereocenters. The minimum atomic E-state index is 0.629. The van der Waals surface area contributed by atoms with Crippen molar-refractivity contribution in [1.29, 1.82) is 0 Å². The molecule has 2 unspecified atom stereocenters. The molecule has 1 aromatic heterocycles. The fourth-order valence-corrected chi connectivity index (χ4v) is 3.44. The molecule has 0 aromatic carbocycles. The molecule has 0 amide bonds. The van der Waals surface area contributed by atoms with Crippen LogP contribution < -0.4 is 10.6 Å². The molecular formula is C12H18IN3S. The van der Waals surface area contributed by atoms with Gasteiger partial charge in [-0.2, -0.15) is 0 Å². The zero-order chi connectivity index (χ0) is 12.3. The Hall–Kier alpha value is -0.300. The molecule has 3 nitrogen and oxygen atoms in total. The molecule has 1 aliphatic rings. The summed E-state index contributed by atoms with van der Waals surface area (Å²) in [6.45, 7) is 3.20. The lowest BCUT2D eigenvalue weighted by Gasteiger charge is -2.10. The van der Waals surface area contributed by atoms with Crippen molar-refractivity contribution in [2.45, 2.75) is 25.8 Å². The first kappa shape index (κ1) is 13.1. The topological polar surface area (TPSA) is 36.4 Å². The first-order chi connectivity index (χ1) is 8.19. The van der Waals surface area contributed by atoms with Crippen LogP contribution in [-0.4, -0.2) is 25.6 Å². The number of hydrogen-bond donors (Lipinski definition) is 2. The van der Waals surface area contributed by atoms with Crippen LogP contribution in [0.15, 0.2) is 17.1 Å². The zero-order valence-electron chi connectivity index (χ0n) is 10.2. The van der Waals surface area contributed by atoms with Gasteiger partial charge in [-0.1, -0.05) is 6.92 Å². The number of nitrogens with zero attached hydrogens (tertiary/aromatic N) is 1. The van der Waals surface area contributed by atoms with Gasteiger partial charge in [-0.25, -0.2) is 0 Å². The molecule has 5 heteroatoms. The van der Waals surface area contributed by atoms with Crippen molar-refractivity contribution < 1.29 is 0 Å². The number of rotatable bonds is 4. The molecule has 0 radical (unpaired) electrons. The molecule has 1 aliphatic carbocycles. The van der Waals surface area contributed by atoms with E-state index in [9.17, 15) is 0 Å². The highest BCUT2D eigenvalue weighted by atomic mass is 127. The Labute approximate surface area is 120 Å². The van der Waals surface area contributed by atoms with Crippen LogP contribution in [0.4, 0.5) is 0 Å². The van der Waals surface area contributed by atoms with Gasteiger partial charge in [0.15, 0.2) is 5.96 Å². The molecule has 1 fully saturated rings. The lowest BCUT2D eigenvalue weighted by atomic mass is 10.3. The maximum Gasteiger partial charge on any atom is 0.191 e. The summed E-state index contributed by atoms with van der Waals surface area (Å²) in [5, 5.41) is 6.78. The maximum atomic E-state index is 4.24. The zero-order valence-corrected chi connectivity index (χ0v) is 13.1. The molecule has 1 heterocycles. The van der Waals surface area contributed by atoms with E-state index in [4.69, 9.17) is 0 Å². The second kappa shape index (κ2) is 6.04. The van der Waals surface area contributed by atoms with Gasteiger partial charge in [0.05, 0.1) is 2.88 Å². The first-order valence-corrected chi connectivity index (χ1v) is 7.80. The Morgan fingerprint density at radius 2 is 2.35 bits per heavy atom. The largest absolute Gasteiger partial charge is 0.356 e. The van der Waals surface area contributed by atoms with E-state index in [1.54, 1.807) is 0 Å². The molecule has 0 bridgehead atoms. The number of guanidine groups is 1. The third-order valence-corrected chi connectivity index (χ3v) is 4.90. The first-order valence-electron chi connectivity index (χ1n) is 5.90. The molecule has 0 saturated heterocycles. The van der Waals surface area contributed by atoms with Crippen molar-refractivity contribution in [3.05, 3.63) is 19.9 Å². The van der Waals surface area contributed by atoms with Gasteiger partial charge in [0.1, 0.15) is 0 Å². The van der Waals surface area contributed by atoms with Crippen LogP contribution in [0.5, 0.6) is 0 Å². The Balaban J connectivity index is 1.69. The van der Waals surface area contributed by atoms with Gasteiger partial charge < -0.3 is 10.6 Å². The van der Waals surface area contributed by atoms with Crippen LogP contribution in [-0.2, 0) is 6.42 Å². The normalized spacial score (nSPS) is 23.6. The van der Waals surface area contributed by atoms with Crippen molar-refractivity contribution in [1.82, 2.24) is 10.6 Å². The summed E-state index contributed by atoms with van der Waals surface area (Å²) in [7, 11) is 1.83. The van der Waals surface area contributed by atoms with Gasteiger partial charge in [0.25, 0.3) is 0 Å². The van der Waals surface area contributed by atoms with Crippen molar-refractivity contribution in [3.63, 3.8) is 0 Å². The summed E-state index contributed by atoms with van der Waals surface area (Å²) in [5.41, 5.74) is 0. The molecule has 2 N–H and O–H groups in total. The van der Waals surface area contributed by atoms with E-state index in [2.05, 4.69) is 57.3 Å². The van der Waals surface area contributed by atoms with E-state index in [0.717, 1.165) is 24.8 Å². The highest BCUT2D eigenvalue weighted by Gasteiger charge is 2.33. The van der Waals surface area contributed by atoms with Crippen molar-refractivity contribution >= 4 is 39.9 Å². The van der Waals surface area contributed by atoms with Crippen LogP contribution in [0.1, 0.15) is 18.2 Å². The Bertz CT molecular complexity index is 402. The van der Waals surface area contributed by atoms with E-state index in [-0.39, 0.29) is 0 Å². The molecule has 2 rings (SSSR count). The van der Waals surface area contributed by atoms with Gasteiger partial charge in [-0.3, -0.25) is 4.99 Å². The van der Waals surface area contributed by atoms with E-state index < -0.39 is 0 Å². The lowest BCUT2D eigenvalue weighted by molar-refractivity contribution is 0.760. The molecule has 1 saturated carbocycles. The van der Waals surface area contributed by atoms with Gasteiger partial charge in [0, 0.05) is 24.5 Å². The average Bonchev–Trinajstić information content (AvgIpc) is 2.82. The summed E-state index contributed by atoms with van der Waals surface area (Å²) >= 11 is 4.22. The van der Waals surface area contributed by atoms with Crippen LogP contribution in [0.25, 0.3) is 0 Å². The monoisotopic (exact) mass is 363 g/mol. The van der Waals surface area contributed by atoms with Crippen LogP contribution >= 0.6 is 33.9 Å². The predicted molar refractivity (Wildman–Crippen MR) is 82.8 cm³/mol. The highest BCUT2D eigenvalue weighted by molar-refractivity contribution is 14.1. The molecule has 1 aromatic rings. The van der Waals surface area contributed by atoms with Gasteiger partial charge in [-0.15, -0.1) is 11.3 Å². The molecule has 94 valence electrons.